The molecule has 0 aromatic heterocycles. The van der Waals surface area contributed by atoms with E-state index in [4.69, 9.17) is 5.11 Å². The highest BCUT2D eigenvalue weighted by Crippen LogP contribution is 2.07. The molecule has 2 N–H and O–H groups in total. The minimum Gasteiger partial charge on any atom is -0.481 e. The van der Waals surface area contributed by atoms with Gasteiger partial charge in [-0.1, -0.05) is 51.9 Å². The van der Waals surface area contributed by atoms with Crippen molar-refractivity contribution in [3.8, 4) is 0 Å². The average molecular weight is 289 g/mol. The Kier molecular flexibility index (Phi) is 13.2. The summed E-state index contributed by atoms with van der Waals surface area (Å²) in [5.41, 5.74) is 0. The smallest absolute Gasteiger partial charge is 0.313 e. The first-order valence-corrected chi connectivity index (χ1v) is 8.38. The number of hydrogen-bond acceptors (Lipinski definition) is 3. The Morgan fingerprint density at radius 1 is 0.947 bits per heavy atom. The summed E-state index contributed by atoms with van der Waals surface area (Å²) in [5, 5.41) is 11.2. The van der Waals surface area contributed by atoms with Gasteiger partial charge in [0, 0.05) is 6.54 Å². The summed E-state index contributed by atoms with van der Waals surface area (Å²) in [4.78, 5) is 21.6. The maximum absolute atomic E-state index is 11.3. The number of hydrogen-bond donors (Lipinski definition) is 2. The fourth-order valence-electron chi connectivity index (χ4n) is 1.77. The van der Waals surface area contributed by atoms with E-state index in [1.165, 1.54) is 38.5 Å². The molecule has 0 aliphatic heterocycles. The molecule has 0 unspecified atom stereocenters. The van der Waals surface area contributed by atoms with E-state index >= 15 is 0 Å². The molecule has 1 amide bonds. The number of amides is 1. The predicted molar refractivity (Wildman–Crippen MR) is 80.6 cm³/mol. The molecular weight excluding hydrogens is 262 g/mol. The van der Waals surface area contributed by atoms with Gasteiger partial charge in [0.05, 0.1) is 11.5 Å². The predicted octanol–water partition coefficient (Wildman–Crippen LogP) is 3.06. The van der Waals surface area contributed by atoms with Gasteiger partial charge in [-0.15, -0.1) is 11.8 Å². The van der Waals surface area contributed by atoms with E-state index in [-0.39, 0.29) is 17.4 Å². The lowest BCUT2D eigenvalue weighted by molar-refractivity contribution is -0.133. The van der Waals surface area contributed by atoms with Gasteiger partial charge < -0.3 is 10.4 Å². The van der Waals surface area contributed by atoms with E-state index in [1.807, 2.05) is 0 Å². The van der Waals surface area contributed by atoms with Crippen molar-refractivity contribution in [2.75, 3.05) is 18.1 Å². The van der Waals surface area contributed by atoms with Crippen LogP contribution in [0.15, 0.2) is 0 Å². The molecule has 112 valence electrons. The second-order valence-corrected chi connectivity index (χ2v) is 5.70. The van der Waals surface area contributed by atoms with E-state index in [9.17, 15) is 9.59 Å². The third-order valence-electron chi connectivity index (χ3n) is 2.81. The third kappa shape index (κ3) is 15.2. The zero-order chi connectivity index (χ0) is 14.3. The van der Waals surface area contributed by atoms with Gasteiger partial charge in [0.2, 0.25) is 5.91 Å². The SMILES string of the molecule is CCCCCCCCCCNC(=O)CSCC(=O)O. The van der Waals surface area contributed by atoms with Gasteiger partial charge in [0.15, 0.2) is 0 Å². The number of unbranched alkanes of at least 4 members (excludes halogenated alkanes) is 7. The first kappa shape index (κ1) is 18.3. The van der Waals surface area contributed by atoms with Crippen LogP contribution in [0.1, 0.15) is 58.3 Å². The largest absolute Gasteiger partial charge is 0.481 e. The molecule has 0 saturated heterocycles. The van der Waals surface area contributed by atoms with Gasteiger partial charge in [-0.25, -0.2) is 0 Å². The summed E-state index contributed by atoms with van der Waals surface area (Å²) < 4.78 is 0. The van der Waals surface area contributed by atoms with Crippen LogP contribution in [0.2, 0.25) is 0 Å². The fraction of sp³-hybridized carbons (Fsp3) is 0.857. The molecule has 0 heterocycles. The van der Waals surface area contributed by atoms with Crippen molar-refractivity contribution in [1.82, 2.24) is 5.32 Å². The highest BCUT2D eigenvalue weighted by Gasteiger charge is 2.03. The van der Waals surface area contributed by atoms with E-state index in [2.05, 4.69) is 12.2 Å². The summed E-state index contributed by atoms with van der Waals surface area (Å²) in [6, 6.07) is 0. The first-order chi connectivity index (χ1) is 9.16. The molecule has 0 aromatic carbocycles. The molecule has 0 spiro atoms. The second-order valence-electron chi connectivity index (χ2n) is 4.71. The Morgan fingerprint density at radius 2 is 1.53 bits per heavy atom. The van der Waals surface area contributed by atoms with Gasteiger partial charge >= 0.3 is 5.97 Å². The number of rotatable bonds is 13. The van der Waals surface area contributed by atoms with Crippen molar-refractivity contribution in [3.63, 3.8) is 0 Å². The Morgan fingerprint density at radius 3 is 2.11 bits per heavy atom. The normalized spacial score (nSPS) is 10.4. The van der Waals surface area contributed by atoms with Crippen LogP contribution in [0.5, 0.6) is 0 Å². The molecule has 0 atom stereocenters. The van der Waals surface area contributed by atoms with Crippen molar-refractivity contribution in [3.05, 3.63) is 0 Å². The van der Waals surface area contributed by atoms with Crippen LogP contribution in [-0.4, -0.2) is 35.0 Å². The van der Waals surface area contributed by atoms with Crippen LogP contribution in [0.3, 0.4) is 0 Å². The highest BCUT2D eigenvalue weighted by molar-refractivity contribution is 8.00. The topological polar surface area (TPSA) is 66.4 Å². The summed E-state index contributed by atoms with van der Waals surface area (Å²) in [6.07, 6.45) is 10.0. The lowest BCUT2D eigenvalue weighted by Crippen LogP contribution is -2.26. The number of aliphatic carboxylic acids is 1. The average Bonchev–Trinajstić information content (AvgIpc) is 2.36. The van der Waals surface area contributed by atoms with Crippen LogP contribution < -0.4 is 5.32 Å². The molecular formula is C14H27NO3S. The van der Waals surface area contributed by atoms with Crippen molar-refractivity contribution in [2.24, 2.45) is 0 Å². The third-order valence-corrected chi connectivity index (χ3v) is 3.73. The quantitative estimate of drug-likeness (QED) is 0.511. The van der Waals surface area contributed by atoms with Gasteiger partial charge in [-0.05, 0) is 6.42 Å². The van der Waals surface area contributed by atoms with Gasteiger partial charge in [-0.3, -0.25) is 9.59 Å². The Balaban J connectivity index is 3.16. The van der Waals surface area contributed by atoms with Crippen molar-refractivity contribution in [2.45, 2.75) is 58.3 Å². The first-order valence-electron chi connectivity index (χ1n) is 7.23. The number of nitrogens with one attached hydrogen (secondary N) is 1. The molecule has 0 aromatic rings. The molecule has 0 bridgehead atoms. The zero-order valence-electron chi connectivity index (χ0n) is 12.0. The van der Waals surface area contributed by atoms with Gasteiger partial charge in [0.25, 0.3) is 0 Å². The van der Waals surface area contributed by atoms with Crippen LogP contribution in [0.4, 0.5) is 0 Å². The highest BCUT2D eigenvalue weighted by atomic mass is 32.2. The molecule has 0 saturated carbocycles. The Bertz CT molecular complexity index is 247. The maximum Gasteiger partial charge on any atom is 0.313 e. The second kappa shape index (κ2) is 13.7. The number of carbonyl (C=O) groups is 2. The lowest BCUT2D eigenvalue weighted by atomic mass is 10.1. The molecule has 5 heteroatoms. The number of carboxylic acid groups (broad SMARTS) is 1. The molecule has 0 aliphatic carbocycles. The van der Waals surface area contributed by atoms with Gasteiger partial charge in [-0.2, -0.15) is 0 Å². The molecule has 19 heavy (non-hydrogen) atoms. The molecule has 0 fully saturated rings. The molecule has 0 radical (unpaired) electrons. The monoisotopic (exact) mass is 289 g/mol. The fourth-order valence-corrected chi connectivity index (χ4v) is 2.33. The minimum atomic E-state index is -0.874. The molecule has 0 rings (SSSR count). The van der Waals surface area contributed by atoms with Gasteiger partial charge in [0.1, 0.15) is 0 Å². The Labute approximate surface area is 120 Å². The minimum absolute atomic E-state index is 0.00875. The Hall–Kier alpha value is -0.710. The van der Waals surface area contributed by atoms with Crippen LogP contribution in [0.25, 0.3) is 0 Å². The van der Waals surface area contributed by atoms with E-state index in [1.54, 1.807) is 0 Å². The summed E-state index contributed by atoms with van der Waals surface area (Å²) in [6.45, 7) is 2.93. The lowest BCUT2D eigenvalue weighted by Gasteiger charge is -2.04. The summed E-state index contributed by atoms with van der Waals surface area (Å²) in [7, 11) is 0. The van der Waals surface area contributed by atoms with Crippen LogP contribution in [0, 0.1) is 0 Å². The molecule has 4 nitrogen and oxygen atoms in total. The summed E-state index contributed by atoms with van der Waals surface area (Å²) >= 11 is 1.14. The van der Waals surface area contributed by atoms with Crippen molar-refractivity contribution >= 4 is 23.6 Å². The molecule has 0 aliphatic rings. The zero-order valence-corrected chi connectivity index (χ0v) is 12.8. The standard InChI is InChI=1S/C14H27NO3S/c1-2-3-4-5-6-7-8-9-10-15-13(16)11-19-12-14(17)18/h2-12H2,1H3,(H,15,16)(H,17,18). The number of carboxylic acids is 1. The van der Waals surface area contributed by atoms with E-state index in [0.29, 0.717) is 6.54 Å². The van der Waals surface area contributed by atoms with Crippen molar-refractivity contribution < 1.29 is 14.7 Å². The van der Waals surface area contributed by atoms with Crippen LogP contribution in [-0.2, 0) is 9.59 Å². The van der Waals surface area contributed by atoms with Crippen molar-refractivity contribution in [1.29, 1.82) is 0 Å². The summed E-state index contributed by atoms with van der Waals surface area (Å²) in [5.74, 6) is -0.704. The van der Waals surface area contributed by atoms with Crippen LogP contribution >= 0.6 is 11.8 Å². The number of thioether (sulfide) groups is 1. The van der Waals surface area contributed by atoms with E-state index < -0.39 is 5.97 Å². The maximum atomic E-state index is 11.3. The number of carbonyl (C=O) groups excluding carboxylic acids is 1. The van der Waals surface area contributed by atoms with E-state index in [0.717, 1.165) is 24.6 Å².